The Morgan fingerprint density at radius 3 is 2.53 bits per heavy atom. The molecule has 0 aliphatic carbocycles. The van der Waals surface area contributed by atoms with Gasteiger partial charge >= 0.3 is 0 Å². The normalized spacial score (nSPS) is 9.87. The van der Waals surface area contributed by atoms with Gasteiger partial charge in [-0.05, 0) is 11.6 Å². The van der Waals surface area contributed by atoms with E-state index in [2.05, 4.69) is 0 Å². The Kier molecular flexibility index (Phi) is 2.46. The zero-order valence-corrected chi connectivity index (χ0v) is 7.84. The van der Waals surface area contributed by atoms with E-state index >= 15 is 0 Å². The van der Waals surface area contributed by atoms with Crippen LogP contribution in [-0.2, 0) is 4.79 Å². The third-order valence-corrected chi connectivity index (χ3v) is 2.08. The van der Waals surface area contributed by atoms with Crippen LogP contribution >= 0.6 is 0 Å². The molecule has 0 N–H and O–H groups in total. The second-order valence-corrected chi connectivity index (χ2v) is 3.01. The Balaban J connectivity index is 2.50. The van der Waals surface area contributed by atoms with Crippen molar-refractivity contribution in [2.24, 2.45) is 0 Å². The van der Waals surface area contributed by atoms with E-state index < -0.39 is 5.78 Å². The summed E-state index contributed by atoms with van der Waals surface area (Å²) in [5.74, 6) is -0.546. The molecule has 1 heterocycles. The zero-order chi connectivity index (χ0) is 10.7. The van der Waals surface area contributed by atoms with Gasteiger partial charge in [-0.15, -0.1) is 0 Å². The number of Topliss-reactive ketones (excluding diaryl/α,β-unsaturated/α-hetero) is 1. The van der Waals surface area contributed by atoms with Crippen LogP contribution in [-0.4, -0.2) is 12.1 Å². The molecule has 0 saturated carbocycles. The minimum absolute atomic E-state index is 0.0937. The number of carbonyl (C=O) groups excluding carboxylic acids is 2. The Hall–Kier alpha value is -2.16. The number of hydrogen-bond acceptors (Lipinski definition) is 3. The van der Waals surface area contributed by atoms with Crippen LogP contribution in [0.1, 0.15) is 10.6 Å². The fourth-order valence-electron chi connectivity index (χ4n) is 1.40. The Bertz CT molecular complexity index is 483. The van der Waals surface area contributed by atoms with Crippen LogP contribution in [0.3, 0.4) is 0 Å². The van der Waals surface area contributed by atoms with Gasteiger partial charge in [-0.1, -0.05) is 30.3 Å². The van der Waals surface area contributed by atoms with Crippen molar-refractivity contribution in [1.29, 1.82) is 0 Å². The molecule has 74 valence electrons. The SMILES string of the molecule is O=CC(=O)c1occc1-c1ccccc1. The summed E-state index contributed by atoms with van der Waals surface area (Å²) in [4.78, 5) is 21.6. The first-order chi connectivity index (χ1) is 7.33. The lowest BCUT2D eigenvalue weighted by molar-refractivity contribution is -0.104. The highest BCUT2D eigenvalue weighted by Crippen LogP contribution is 2.24. The highest BCUT2D eigenvalue weighted by molar-refractivity contribution is 6.33. The summed E-state index contributed by atoms with van der Waals surface area (Å²) >= 11 is 0. The van der Waals surface area contributed by atoms with E-state index in [4.69, 9.17) is 4.42 Å². The number of benzene rings is 1. The summed E-state index contributed by atoms with van der Waals surface area (Å²) in [6.07, 6.45) is 1.66. The van der Waals surface area contributed by atoms with Crippen LogP contribution in [0.25, 0.3) is 11.1 Å². The van der Waals surface area contributed by atoms with Crippen molar-refractivity contribution in [1.82, 2.24) is 0 Å². The second kappa shape index (κ2) is 3.92. The minimum atomic E-state index is -0.640. The fraction of sp³-hybridized carbons (Fsp3) is 0. The maximum absolute atomic E-state index is 11.2. The van der Waals surface area contributed by atoms with Crippen LogP contribution in [0.5, 0.6) is 0 Å². The van der Waals surface area contributed by atoms with E-state index in [1.807, 2.05) is 30.3 Å². The molecule has 2 aromatic rings. The van der Waals surface area contributed by atoms with Crippen LogP contribution in [0.15, 0.2) is 47.1 Å². The van der Waals surface area contributed by atoms with Gasteiger partial charge < -0.3 is 4.42 Å². The maximum Gasteiger partial charge on any atom is 0.261 e. The summed E-state index contributed by atoms with van der Waals surface area (Å²) in [5, 5.41) is 0. The molecule has 0 radical (unpaired) electrons. The third kappa shape index (κ3) is 1.72. The topological polar surface area (TPSA) is 47.3 Å². The lowest BCUT2D eigenvalue weighted by atomic mass is 10.1. The number of carbonyl (C=O) groups is 2. The van der Waals surface area contributed by atoms with Gasteiger partial charge in [-0.25, -0.2) is 0 Å². The first-order valence-corrected chi connectivity index (χ1v) is 4.45. The monoisotopic (exact) mass is 200 g/mol. The van der Waals surface area contributed by atoms with Crippen molar-refractivity contribution in [2.45, 2.75) is 0 Å². The van der Waals surface area contributed by atoms with Gasteiger partial charge in [0.15, 0.2) is 12.0 Å². The Labute approximate surface area is 86.3 Å². The molecular formula is C12H8O3. The van der Waals surface area contributed by atoms with Crippen molar-refractivity contribution in [2.75, 3.05) is 0 Å². The predicted molar refractivity (Wildman–Crippen MR) is 54.5 cm³/mol. The minimum Gasteiger partial charge on any atom is -0.460 e. The number of aldehydes is 1. The molecule has 0 aliphatic rings. The first-order valence-electron chi connectivity index (χ1n) is 4.45. The number of hydrogen-bond donors (Lipinski definition) is 0. The zero-order valence-electron chi connectivity index (χ0n) is 7.84. The van der Waals surface area contributed by atoms with Crippen LogP contribution in [0, 0.1) is 0 Å². The van der Waals surface area contributed by atoms with Crippen molar-refractivity contribution in [3.05, 3.63) is 48.4 Å². The lowest BCUT2D eigenvalue weighted by Gasteiger charge is -1.97. The lowest BCUT2D eigenvalue weighted by Crippen LogP contribution is -1.99. The molecule has 3 nitrogen and oxygen atoms in total. The van der Waals surface area contributed by atoms with E-state index in [1.165, 1.54) is 6.26 Å². The van der Waals surface area contributed by atoms with E-state index in [0.717, 1.165) is 5.56 Å². The van der Waals surface area contributed by atoms with Crippen molar-refractivity contribution < 1.29 is 14.0 Å². The van der Waals surface area contributed by atoms with Gasteiger partial charge in [0.1, 0.15) is 0 Å². The molecule has 0 spiro atoms. The maximum atomic E-state index is 11.2. The number of furan rings is 1. The molecule has 0 amide bonds. The van der Waals surface area contributed by atoms with Crippen LogP contribution in [0.4, 0.5) is 0 Å². The summed E-state index contributed by atoms with van der Waals surface area (Å²) < 4.78 is 4.99. The van der Waals surface area contributed by atoms with Crippen molar-refractivity contribution in [3.63, 3.8) is 0 Å². The number of rotatable bonds is 3. The number of ketones is 1. The molecule has 0 fully saturated rings. The van der Waals surface area contributed by atoms with Gasteiger partial charge in [0.2, 0.25) is 0 Å². The molecule has 1 aromatic heterocycles. The average molecular weight is 200 g/mol. The van der Waals surface area contributed by atoms with E-state index in [9.17, 15) is 9.59 Å². The van der Waals surface area contributed by atoms with Gasteiger partial charge in [0.25, 0.3) is 5.78 Å². The Morgan fingerprint density at radius 2 is 1.87 bits per heavy atom. The van der Waals surface area contributed by atoms with Crippen molar-refractivity contribution >= 4 is 12.1 Å². The summed E-state index contributed by atoms with van der Waals surface area (Å²) in [5.41, 5.74) is 1.50. The second-order valence-electron chi connectivity index (χ2n) is 3.01. The summed E-state index contributed by atoms with van der Waals surface area (Å²) in [6.45, 7) is 0. The molecule has 0 saturated heterocycles. The van der Waals surface area contributed by atoms with Gasteiger partial charge in [-0.2, -0.15) is 0 Å². The molecule has 2 rings (SSSR count). The third-order valence-electron chi connectivity index (χ3n) is 2.08. The van der Waals surface area contributed by atoms with Gasteiger partial charge in [0, 0.05) is 5.56 Å². The highest BCUT2D eigenvalue weighted by Gasteiger charge is 2.15. The molecular weight excluding hydrogens is 192 g/mol. The van der Waals surface area contributed by atoms with Crippen LogP contribution < -0.4 is 0 Å². The van der Waals surface area contributed by atoms with Gasteiger partial charge in [0.05, 0.1) is 6.26 Å². The predicted octanol–water partition coefficient (Wildman–Crippen LogP) is 2.33. The first kappa shape index (κ1) is 9.40. The largest absolute Gasteiger partial charge is 0.460 e. The smallest absolute Gasteiger partial charge is 0.261 e. The van der Waals surface area contributed by atoms with E-state index in [-0.39, 0.29) is 12.0 Å². The molecule has 0 unspecified atom stereocenters. The quantitative estimate of drug-likeness (QED) is 0.434. The molecule has 0 bridgehead atoms. The molecule has 0 atom stereocenters. The Morgan fingerprint density at radius 1 is 1.13 bits per heavy atom. The fourth-order valence-corrected chi connectivity index (χ4v) is 1.40. The van der Waals surface area contributed by atoms with Crippen LogP contribution in [0.2, 0.25) is 0 Å². The summed E-state index contributed by atoms with van der Waals surface area (Å²) in [7, 11) is 0. The van der Waals surface area contributed by atoms with E-state index in [0.29, 0.717) is 5.56 Å². The molecule has 3 heteroatoms. The summed E-state index contributed by atoms with van der Waals surface area (Å²) in [6, 6.07) is 11.0. The van der Waals surface area contributed by atoms with Gasteiger partial charge in [-0.3, -0.25) is 9.59 Å². The highest BCUT2D eigenvalue weighted by atomic mass is 16.3. The molecule has 0 aliphatic heterocycles. The van der Waals surface area contributed by atoms with E-state index in [1.54, 1.807) is 6.07 Å². The van der Waals surface area contributed by atoms with Crippen molar-refractivity contribution in [3.8, 4) is 11.1 Å². The molecule has 15 heavy (non-hydrogen) atoms. The molecule has 1 aromatic carbocycles. The average Bonchev–Trinajstić information content (AvgIpc) is 2.78. The standard InChI is InChI=1S/C12H8O3/c13-8-11(14)12-10(6-7-15-12)9-4-2-1-3-5-9/h1-8H.